The van der Waals surface area contributed by atoms with Crippen molar-refractivity contribution in [1.29, 1.82) is 0 Å². The van der Waals surface area contributed by atoms with Crippen LogP contribution in [0.5, 0.6) is 0 Å². The third kappa shape index (κ3) is 2.49. The molecule has 1 amide bonds. The fourth-order valence-corrected chi connectivity index (χ4v) is 2.41. The lowest BCUT2D eigenvalue weighted by atomic mass is 9.98. The number of carbonyl (C=O) groups excluding carboxylic acids is 1. The number of piperidine rings is 1. The summed E-state index contributed by atoms with van der Waals surface area (Å²) in [4.78, 5) is 12.0. The van der Waals surface area contributed by atoms with Crippen molar-refractivity contribution in [3.63, 3.8) is 0 Å². The van der Waals surface area contributed by atoms with E-state index in [0.29, 0.717) is 6.04 Å². The lowest BCUT2D eigenvalue weighted by Crippen LogP contribution is -2.56. The van der Waals surface area contributed by atoms with Crippen LogP contribution in [-0.4, -0.2) is 37.1 Å². The van der Waals surface area contributed by atoms with Crippen molar-refractivity contribution < 1.29 is 4.79 Å². The zero-order chi connectivity index (χ0) is 10.7. The van der Waals surface area contributed by atoms with Crippen LogP contribution in [0.15, 0.2) is 0 Å². The zero-order valence-corrected chi connectivity index (χ0v) is 9.44. The minimum atomic E-state index is -0.322. The Balaban J connectivity index is 1.85. The maximum absolute atomic E-state index is 12.0. The molecule has 2 aliphatic rings. The summed E-state index contributed by atoms with van der Waals surface area (Å²) in [6, 6.07) is 0.325. The molecule has 0 aromatic heterocycles. The molecular weight excluding hydrogens is 190 g/mol. The van der Waals surface area contributed by atoms with Crippen LogP contribution >= 0.6 is 0 Å². The van der Waals surface area contributed by atoms with Gasteiger partial charge in [0, 0.05) is 12.6 Å². The van der Waals surface area contributed by atoms with Crippen LogP contribution in [0.25, 0.3) is 0 Å². The molecule has 3 N–H and O–H groups in total. The van der Waals surface area contributed by atoms with Crippen LogP contribution in [0.1, 0.15) is 32.6 Å². The molecule has 86 valence electrons. The van der Waals surface area contributed by atoms with Crippen molar-refractivity contribution in [3.8, 4) is 0 Å². The molecule has 0 bridgehead atoms. The number of hydrogen-bond acceptors (Lipinski definition) is 3. The summed E-state index contributed by atoms with van der Waals surface area (Å²) in [6.45, 7) is 4.97. The molecule has 1 unspecified atom stereocenters. The van der Waals surface area contributed by atoms with Gasteiger partial charge in [-0.2, -0.15) is 0 Å². The third-order valence-corrected chi connectivity index (χ3v) is 3.50. The van der Waals surface area contributed by atoms with E-state index in [-0.39, 0.29) is 11.4 Å². The summed E-state index contributed by atoms with van der Waals surface area (Å²) in [5.41, 5.74) is -0.322. The Morgan fingerprint density at radius 2 is 2.27 bits per heavy atom. The molecule has 0 aromatic carbocycles. The van der Waals surface area contributed by atoms with Crippen molar-refractivity contribution in [2.75, 3.05) is 19.6 Å². The molecule has 2 rings (SSSR count). The van der Waals surface area contributed by atoms with Crippen molar-refractivity contribution >= 4 is 5.91 Å². The molecule has 2 aliphatic heterocycles. The fourth-order valence-electron chi connectivity index (χ4n) is 2.41. The summed E-state index contributed by atoms with van der Waals surface area (Å²) in [7, 11) is 0. The summed E-state index contributed by atoms with van der Waals surface area (Å²) in [6.07, 6.45) is 4.33. The Morgan fingerprint density at radius 3 is 2.87 bits per heavy atom. The summed E-state index contributed by atoms with van der Waals surface area (Å²) in [5.74, 6) is 0.175. The zero-order valence-electron chi connectivity index (χ0n) is 9.44. The first-order valence-corrected chi connectivity index (χ1v) is 5.97. The molecule has 0 aliphatic carbocycles. The van der Waals surface area contributed by atoms with Gasteiger partial charge >= 0.3 is 0 Å². The molecule has 0 aromatic rings. The molecule has 0 spiro atoms. The van der Waals surface area contributed by atoms with E-state index in [1.165, 1.54) is 0 Å². The van der Waals surface area contributed by atoms with Crippen molar-refractivity contribution in [2.45, 2.75) is 44.2 Å². The summed E-state index contributed by atoms with van der Waals surface area (Å²) in [5, 5.41) is 9.74. The predicted molar refractivity (Wildman–Crippen MR) is 59.7 cm³/mol. The Morgan fingerprint density at radius 1 is 1.40 bits per heavy atom. The second kappa shape index (κ2) is 4.49. The Labute approximate surface area is 91.2 Å². The summed E-state index contributed by atoms with van der Waals surface area (Å²) >= 11 is 0. The van der Waals surface area contributed by atoms with E-state index in [1.54, 1.807) is 0 Å². The van der Waals surface area contributed by atoms with Gasteiger partial charge in [0.15, 0.2) is 0 Å². The van der Waals surface area contributed by atoms with Gasteiger partial charge in [-0.1, -0.05) is 0 Å². The minimum absolute atomic E-state index is 0.175. The second-order valence-electron chi connectivity index (χ2n) is 4.88. The molecule has 0 radical (unpaired) electrons. The average Bonchev–Trinajstić information content (AvgIpc) is 2.68. The second-order valence-corrected chi connectivity index (χ2v) is 4.88. The number of nitrogens with one attached hydrogen (secondary N) is 3. The van der Waals surface area contributed by atoms with Gasteiger partial charge in [0.05, 0.1) is 5.54 Å². The smallest absolute Gasteiger partial charge is 0.240 e. The van der Waals surface area contributed by atoms with Crippen molar-refractivity contribution in [1.82, 2.24) is 16.0 Å². The molecule has 2 saturated heterocycles. The van der Waals surface area contributed by atoms with E-state index in [4.69, 9.17) is 0 Å². The first-order chi connectivity index (χ1) is 7.21. The van der Waals surface area contributed by atoms with Crippen molar-refractivity contribution in [3.05, 3.63) is 0 Å². The van der Waals surface area contributed by atoms with Gasteiger partial charge in [0.25, 0.3) is 0 Å². The number of rotatable bonds is 2. The molecule has 0 saturated carbocycles. The van der Waals surface area contributed by atoms with Crippen LogP contribution in [0, 0.1) is 0 Å². The van der Waals surface area contributed by atoms with E-state index < -0.39 is 0 Å². The highest BCUT2D eigenvalue weighted by molar-refractivity contribution is 5.86. The fraction of sp³-hybridized carbons (Fsp3) is 0.909. The van der Waals surface area contributed by atoms with Gasteiger partial charge in [-0.15, -0.1) is 0 Å². The normalized spacial score (nSPS) is 36.5. The maximum atomic E-state index is 12.0. The van der Waals surface area contributed by atoms with E-state index in [9.17, 15) is 4.79 Å². The first-order valence-electron chi connectivity index (χ1n) is 5.97. The SMILES string of the molecule is CC1(C(=O)N[C@@H]2CCCNC2)CCCN1. The van der Waals surface area contributed by atoms with Crippen LogP contribution in [-0.2, 0) is 4.79 Å². The number of amides is 1. The number of hydrogen-bond donors (Lipinski definition) is 3. The number of carbonyl (C=O) groups is 1. The standard InChI is InChI=1S/C11H21N3O/c1-11(5-3-7-13-11)10(15)14-9-4-2-6-12-8-9/h9,12-13H,2-8H2,1H3,(H,14,15)/t9-,11?/m1/s1. The predicted octanol–water partition coefficient (Wildman–Crippen LogP) is -0.00330. The van der Waals surface area contributed by atoms with Crippen LogP contribution < -0.4 is 16.0 Å². The average molecular weight is 211 g/mol. The highest BCUT2D eigenvalue weighted by Crippen LogP contribution is 2.19. The molecule has 2 fully saturated rings. The Bertz CT molecular complexity index is 230. The van der Waals surface area contributed by atoms with Gasteiger partial charge in [0.2, 0.25) is 5.91 Å². The Hall–Kier alpha value is -0.610. The molecule has 2 heterocycles. The topological polar surface area (TPSA) is 53.2 Å². The molecule has 4 nitrogen and oxygen atoms in total. The first kappa shape index (κ1) is 10.9. The van der Waals surface area contributed by atoms with E-state index in [1.807, 2.05) is 6.92 Å². The monoisotopic (exact) mass is 211 g/mol. The lowest BCUT2D eigenvalue weighted by Gasteiger charge is -2.29. The van der Waals surface area contributed by atoms with Gasteiger partial charge in [-0.05, 0) is 45.7 Å². The van der Waals surface area contributed by atoms with E-state index >= 15 is 0 Å². The molecular formula is C11H21N3O. The van der Waals surface area contributed by atoms with Gasteiger partial charge in [-0.25, -0.2) is 0 Å². The van der Waals surface area contributed by atoms with Gasteiger partial charge in [-0.3, -0.25) is 4.79 Å². The van der Waals surface area contributed by atoms with E-state index in [0.717, 1.165) is 45.3 Å². The maximum Gasteiger partial charge on any atom is 0.240 e. The van der Waals surface area contributed by atoms with E-state index in [2.05, 4.69) is 16.0 Å². The van der Waals surface area contributed by atoms with Gasteiger partial charge in [0.1, 0.15) is 0 Å². The highest BCUT2D eigenvalue weighted by atomic mass is 16.2. The van der Waals surface area contributed by atoms with Gasteiger partial charge < -0.3 is 16.0 Å². The Kier molecular flexibility index (Phi) is 3.26. The van der Waals surface area contributed by atoms with Crippen molar-refractivity contribution in [2.24, 2.45) is 0 Å². The van der Waals surface area contributed by atoms with Crippen LogP contribution in [0.4, 0.5) is 0 Å². The molecule has 4 heteroatoms. The van der Waals surface area contributed by atoms with Crippen LogP contribution in [0.2, 0.25) is 0 Å². The lowest BCUT2D eigenvalue weighted by molar-refractivity contribution is -0.127. The quantitative estimate of drug-likeness (QED) is 0.602. The molecule has 2 atom stereocenters. The van der Waals surface area contributed by atoms with Crippen LogP contribution in [0.3, 0.4) is 0 Å². The largest absolute Gasteiger partial charge is 0.350 e. The highest BCUT2D eigenvalue weighted by Gasteiger charge is 2.36. The summed E-state index contributed by atoms with van der Waals surface area (Å²) < 4.78 is 0. The molecule has 15 heavy (non-hydrogen) atoms. The third-order valence-electron chi connectivity index (χ3n) is 3.50. The minimum Gasteiger partial charge on any atom is -0.350 e.